The van der Waals surface area contributed by atoms with Gasteiger partial charge in [-0.2, -0.15) is 0 Å². The summed E-state index contributed by atoms with van der Waals surface area (Å²) in [6.07, 6.45) is 0. The second kappa shape index (κ2) is 8.51. The molecule has 0 aliphatic carbocycles. The van der Waals surface area contributed by atoms with Gasteiger partial charge >= 0.3 is 0 Å². The van der Waals surface area contributed by atoms with Crippen molar-refractivity contribution in [2.45, 2.75) is 17.4 Å². The Morgan fingerprint density at radius 2 is 2.00 bits per heavy atom. The van der Waals surface area contributed by atoms with Crippen LogP contribution in [-0.4, -0.2) is 25.3 Å². The van der Waals surface area contributed by atoms with Crippen LogP contribution in [0.3, 0.4) is 0 Å². The number of hydrogen-bond acceptors (Lipinski definition) is 3. The minimum atomic E-state index is -0.666. The number of benzene rings is 2. The lowest BCUT2D eigenvalue weighted by atomic mass is 9.95. The molecule has 2 aromatic rings. The summed E-state index contributed by atoms with van der Waals surface area (Å²) >= 11 is 7.38. The predicted octanol–water partition coefficient (Wildman–Crippen LogP) is 4.25. The molecule has 1 unspecified atom stereocenters. The molecular formula is C18H19ClFNO2S. The SMILES string of the molecule is COC(C)(CNC(=O)CSc1ccc(F)cc1)c1cccc(Cl)c1. The normalized spacial score (nSPS) is 13.3. The van der Waals surface area contributed by atoms with Crippen molar-refractivity contribution in [3.05, 3.63) is 64.9 Å². The van der Waals surface area contributed by atoms with Crippen molar-refractivity contribution in [1.82, 2.24) is 5.32 Å². The maximum absolute atomic E-state index is 12.9. The monoisotopic (exact) mass is 367 g/mol. The van der Waals surface area contributed by atoms with Crippen molar-refractivity contribution in [3.63, 3.8) is 0 Å². The van der Waals surface area contributed by atoms with E-state index in [2.05, 4.69) is 5.32 Å². The van der Waals surface area contributed by atoms with Gasteiger partial charge in [-0.15, -0.1) is 11.8 Å². The fourth-order valence-corrected chi connectivity index (χ4v) is 3.03. The topological polar surface area (TPSA) is 38.3 Å². The molecule has 2 aromatic carbocycles. The van der Waals surface area contributed by atoms with Crippen molar-refractivity contribution in [3.8, 4) is 0 Å². The highest BCUT2D eigenvalue weighted by Crippen LogP contribution is 2.26. The van der Waals surface area contributed by atoms with E-state index in [1.54, 1.807) is 25.3 Å². The molecule has 3 nitrogen and oxygen atoms in total. The molecule has 0 aliphatic heterocycles. The van der Waals surface area contributed by atoms with Gasteiger partial charge in [-0.25, -0.2) is 4.39 Å². The standard InChI is InChI=1S/C18H19ClFNO2S/c1-18(23-2,13-4-3-5-14(19)10-13)12-21-17(22)11-24-16-8-6-15(20)7-9-16/h3-10H,11-12H2,1-2H3,(H,21,22). The summed E-state index contributed by atoms with van der Waals surface area (Å²) in [7, 11) is 1.60. The maximum atomic E-state index is 12.9. The second-order valence-corrected chi connectivity index (χ2v) is 6.95. The molecule has 0 spiro atoms. The van der Waals surface area contributed by atoms with E-state index in [0.29, 0.717) is 11.6 Å². The molecule has 24 heavy (non-hydrogen) atoms. The number of methoxy groups -OCH3 is 1. The number of halogens is 2. The van der Waals surface area contributed by atoms with Gasteiger partial charge in [0.2, 0.25) is 5.91 Å². The van der Waals surface area contributed by atoms with Gasteiger partial charge in [0.1, 0.15) is 11.4 Å². The Morgan fingerprint density at radius 3 is 2.62 bits per heavy atom. The Bertz CT molecular complexity index is 696. The number of hydrogen-bond donors (Lipinski definition) is 1. The van der Waals surface area contributed by atoms with Crippen molar-refractivity contribution in [2.75, 3.05) is 19.4 Å². The van der Waals surface area contributed by atoms with E-state index in [4.69, 9.17) is 16.3 Å². The van der Waals surface area contributed by atoms with Crippen LogP contribution in [0.15, 0.2) is 53.4 Å². The third-order valence-corrected chi connectivity index (χ3v) is 4.94. The van der Waals surface area contributed by atoms with Gasteiger partial charge in [0.15, 0.2) is 0 Å². The Balaban J connectivity index is 1.90. The molecule has 1 N–H and O–H groups in total. The minimum Gasteiger partial charge on any atom is -0.372 e. The lowest BCUT2D eigenvalue weighted by Crippen LogP contribution is -2.40. The molecular weight excluding hydrogens is 349 g/mol. The Hall–Kier alpha value is -1.56. The summed E-state index contributed by atoms with van der Waals surface area (Å²) in [6, 6.07) is 13.4. The first-order valence-corrected chi connectivity index (χ1v) is 8.75. The largest absolute Gasteiger partial charge is 0.372 e. The van der Waals surface area contributed by atoms with E-state index in [-0.39, 0.29) is 17.5 Å². The summed E-state index contributed by atoms with van der Waals surface area (Å²) < 4.78 is 18.4. The van der Waals surface area contributed by atoms with Gasteiger partial charge < -0.3 is 10.1 Å². The van der Waals surface area contributed by atoms with Crippen molar-refractivity contribution in [2.24, 2.45) is 0 Å². The summed E-state index contributed by atoms with van der Waals surface area (Å²) in [6.45, 7) is 2.22. The summed E-state index contributed by atoms with van der Waals surface area (Å²) in [4.78, 5) is 12.9. The number of nitrogens with one attached hydrogen (secondary N) is 1. The highest BCUT2D eigenvalue weighted by Gasteiger charge is 2.27. The fraction of sp³-hybridized carbons (Fsp3) is 0.278. The molecule has 128 valence electrons. The first kappa shape index (κ1) is 18.8. The van der Waals surface area contributed by atoms with E-state index in [0.717, 1.165) is 10.5 Å². The molecule has 0 saturated carbocycles. The number of carbonyl (C=O) groups excluding carboxylic acids is 1. The van der Waals surface area contributed by atoms with Crippen LogP contribution < -0.4 is 5.32 Å². The third-order valence-electron chi connectivity index (χ3n) is 3.69. The highest BCUT2D eigenvalue weighted by atomic mass is 35.5. The van der Waals surface area contributed by atoms with Gasteiger partial charge in [0.05, 0.1) is 12.3 Å². The maximum Gasteiger partial charge on any atom is 0.230 e. The molecule has 0 saturated heterocycles. The lowest BCUT2D eigenvalue weighted by molar-refractivity contribution is -0.120. The van der Waals surface area contributed by atoms with E-state index >= 15 is 0 Å². The van der Waals surface area contributed by atoms with Crippen LogP contribution in [-0.2, 0) is 15.1 Å². The van der Waals surface area contributed by atoms with Crippen molar-refractivity contribution < 1.29 is 13.9 Å². The van der Waals surface area contributed by atoms with Crippen LogP contribution in [0.25, 0.3) is 0 Å². The van der Waals surface area contributed by atoms with Gasteiger partial charge in [-0.05, 0) is 48.9 Å². The first-order chi connectivity index (χ1) is 11.4. The fourth-order valence-electron chi connectivity index (χ4n) is 2.11. The number of thioether (sulfide) groups is 1. The van der Waals surface area contributed by atoms with Gasteiger partial charge in [-0.3, -0.25) is 4.79 Å². The predicted molar refractivity (Wildman–Crippen MR) is 95.9 cm³/mol. The molecule has 0 radical (unpaired) electrons. The van der Waals surface area contributed by atoms with Gasteiger partial charge in [-0.1, -0.05) is 23.7 Å². The zero-order valence-corrected chi connectivity index (χ0v) is 15.1. The molecule has 0 bridgehead atoms. The Kier molecular flexibility index (Phi) is 6.66. The smallest absolute Gasteiger partial charge is 0.230 e. The van der Waals surface area contributed by atoms with Crippen LogP contribution in [0.2, 0.25) is 5.02 Å². The van der Waals surface area contributed by atoms with E-state index in [1.165, 1.54) is 23.9 Å². The van der Waals surface area contributed by atoms with E-state index in [9.17, 15) is 9.18 Å². The van der Waals surface area contributed by atoms with E-state index < -0.39 is 5.60 Å². The first-order valence-electron chi connectivity index (χ1n) is 7.39. The quantitative estimate of drug-likeness (QED) is 0.743. The minimum absolute atomic E-state index is 0.116. The number of carbonyl (C=O) groups is 1. The van der Waals surface area contributed by atoms with Crippen LogP contribution >= 0.6 is 23.4 Å². The molecule has 0 fully saturated rings. The Morgan fingerprint density at radius 1 is 1.29 bits per heavy atom. The third kappa shape index (κ3) is 5.23. The zero-order chi connectivity index (χ0) is 17.6. The highest BCUT2D eigenvalue weighted by molar-refractivity contribution is 8.00. The molecule has 6 heteroatoms. The van der Waals surface area contributed by atoms with Gasteiger partial charge in [0, 0.05) is 17.0 Å². The molecule has 0 aromatic heterocycles. The van der Waals surface area contributed by atoms with Crippen molar-refractivity contribution in [1.29, 1.82) is 0 Å². The van der Waals surface area contributed by atoms with Crippen LogP contribution in [0.5, 0.6) is 0 Å². The second-order valence-electron chi connectivity index (χ2n) is 5.46. The molecule has 1 amide bonds. The van der Waals surface area contributed by atoms with Crippen LogP contribution in [0, 0.1) is 5.82 Å². The molecule has 0 aliphatic rings. The summed E-state index contributed by atoms with van der Waals surface area (Å²) in [5, 5.41) is 3.49. The summed E-state index contributed by atoms with van der Waals surface area (Å²) in [5.74, 6) is -0.156. The average molecular weight is 368 g/mol. The number of ether oxygens (including phenoxy) is 1. The average Bonchev–Trinajstić information content (AvgIpc) is 2.59. The van der Waals surface area contributed by atoms with Gasteiger partial charge in [0.25, 0.3) is 0 Å². The molecule has 2 rings (SSSR count). The molecule has 1 atom stereocenters. The van der Waals surface area contributed by atoms with Crippen LogP contribution in [0.4, 0.5) is 4.39 Å². The summed E-state index contributed by atoms with van der Waals surface area (Å²) in [5.41, 5.74) is 0.227. The molecule has 0 heterocycles. The zero-order valence-electron chi connectivity index (χ0n) is 13.5. The Labute approximate surface area is 150 Å². The lowest BCUT2D eigenvalue weighted by Gasteiger charge is -2.29. The number of rotatable bonds is 7. The van der Waals surface area contributed by atoms with Crippen LogP contribution in [0.1, 0.15) is 12.5 Å². The number of amides is 1. The van der Waals surface area contributed by atoms with Crippen molar-refractivity contribution >= 4 is 29.3 Å². The van der Waals surface area contributed by atoms with E-state index in [1.807, 2.05) is 25.1 Å².